The number of carbonyl (C=O) groups is 3. The third kappa shape index (κ3) is 6.69. The van der Waals surface area contributed by atoms with E-state index in [1.807, 2.05) is 5.32 Å². The van der Waals surface area contributed by atoms with Crippen molar-refractivity contribution >= 4 is 45.8 Å². The second kappa shape index (κ2) is 9.80. The lowest BCUT2D eigenvalue weighted by molar-refractivity contribution is -0.114. The Morgan fingerprint density at radius 2 is 1.72 bits per heavy atom. The highest BCUT2D eigenvalue weighted by atomic mass is 32.2. The minimum absolute atomic E-state index is 0.0317. The number of urea groups is 1. The topological polar surface area (TPSA) is 140 Å². The van der Waals surface area contributed by atoms with E-state index in [0.29, 0.717) is 5.69 Å². The number of hydrogen-bond donors (Lipinski definition) is 3. The van der Waals surface area contributed by atoms with Crippen molar-refractivity contribution in [3.05, 3.63) is 48.5 Å². The first-order valence-corrected chi connectivity index (χ1v) is 10.2. The summed E-state index contributed by atoms with van der Waals surface area (Å²) in [4.78, 5) is 34.3. The summed E-state index contributed by atoms with van der Waals surface area (Å²) >= 11 is 0.726. The van der Waals surface area contributed by atoms with Gasteiger partial charge in [0.25, 0.3) is 0 Å². The van der Waals surface area contributed by atoms with Crippen molar-refractivity contribution in [1.82, 2.24) is 10.0 Å². The van der Waals surface area contributed by atoms with Crippen LogP contribution in [-0.4, -0.2) is 33.6 Å². The summed E-state index contributed by atoms with van der Waals surface area (Å²) in [5.74, 6) is -0.419. The molecule has 0 spiro atoms. The lowest BCUT2D eigenvalue weighted by Gasteiger charge is -2.13. The smallest absolute Gasteiger partial charge is 0.415 e. The average Bonchev–Trinajstić information content (AvgIpc) is 2.68. The molecule has 0 aliphatic rings. The molecule has 12 heteroatoms. The molecule has 29 heavy (non-hydrogen) atoms. The summed E-state index contributed by atoms with van der Waals surface area (Å²) in [6.07, 6.45) is -0.962. The zero-order valence-corrected chi connectivity index (χ0v) is 16.9. The number of rotatable bonds is 6. The van der Waals surface area contributed by atoms with Gasteiger partial charge in [-0.25, -0.2) is 14.9 Å². The van der Waals surface area contributed by atoms with Crippen LogP contribution in [0.5, 0.6) is 5.75 Å². The van der Waals surface area contributed by atoms with Gasteiger partial charge in [-0.05, 0) is 42.3 Å². The lowest BCUT2D eigenvalue weighted by atomic mass is 10.3. The first-order chi connectivity index (χ1) is 13.7. The summed E-state index contributed by atoms with van der Waals surface area (Å²) in [6.45, 7) is 1.29. The largest absolute Gasteiger partial charge is 0.453 e. The maximum absolute atomic E-state index is 12.4. The Kier molecular flexibility index (Phi) is 7.45. The number of amides is 4. The zero-order valence-electron chi connectivity index (χ0n) is 15.3. The van der Waals surface area contributed by atoms with Gasteiger partial charge in [-0.1, -0.05) is 18.2 Å². The molecule has 0 aromatic heterocycles. The number of alkyl carbamates (subject to hydrolysis) is 1. The van der Waals surface area contributed by atoms with Gasteiger partial charge in [0.2, 0.25) is 5.91 Å². The molecule has 0 radical (unpaired) electrons. The number of imide groups is 1. The van der Waals surface area contributed by atoms with Crippen LogP contribution in [0.25, 0.3) is 0 Å². The summed E-state index contributed by atoms with van der Waals surface area (Å²) in [7, 11) is -2.98. The molecule has 0 atom stereocenters. The summed E-state index contributed by atoms with van der Waals surface area (Å²) in [6, 6.07) is 10.8. The lowest BCUT2D eigenvalue weighted by Crippen LogP contribution is -2.36. The predicted molar refractivity (Wildman–Crippen MR) is 105 cm³/mol. The molecular weight excluding hydrogens is 422 g/mol. The fourth-order valence-corrected chi connectivity index (χ4v) is 3.57. The molecule has 0 unspecified atom stereocenters. The van der Waals surface area contributed by atoms with Crippen LogP contribution in [0.4, 0.5) is 15.3 Å². The minimum atomic E-state index is -4.07. The number of anilines is 1. The second-order valence-electron chi connectivity index (χ2n) is 5.34. The molecule has 10 nitrogen and oxygen atoms in total. The highest BCUT2D eigenvalue weighted by molar-refractivity contribution is 7.98. The highest BCUT2D eigenvalue weighted by Gasteiger charge is 2.18. The number of benzene rings is 2. The molecule has 0 fully saturated rings. The van der Waals surface area contributed by atoms with Crippen LogP contribution in [0.15, 0.2) is 58.3 Å². The molecule has 0 aliphatic heterocycles. The summed E-state index contributed by atoms with van der Waals surface area (Å²) < 4.78 is 36.5. The van der Waals surface area contributed by atoms with Crippen LogP contribution in [-0.2, 0) is 19.6 Å². The molecule has 0 saturated carbocycles. The maximum atomic E-state index is 12.4. The van der Waals surface area contributed by atoms with Crippen LogP contribution in [0.1, 0.15) is 6.92 Å². The van der Waals surface area contributed by atoms with Gasteiger partial charge in [0.15, 0.2) is 0 Å². The molecule has 0 saturated heterocycles. The van der Waals surface area contributed by atoms with Crippen molar-refractivity contribution in [1.29, 1.82) is 0 Å². The SMILES string of the molecule is COC(=O)NC(=O)NSc1cc(OS(=O)(=O)c2ccccc2)ccc1NC(C)=O. The van der Waals surface area contributed by atoms with Crippen LogP contribution in [0.2, 0.25) is 0 Å². The monoisotopic (exact) mass is 439 g/mol. The molecule has 154 valence electrons. The van der Waals surface area contributed by atoms with E-state index in [1.165, 1.54) is 37.3 Å². The third-order valence-corrected chi connectivity index (χ3v) is 5.26. The summed E-state index contributed by atoms with van der Waals surface area (Å²) in [5.41, 5.74) is 0.297. The number of hydrogen-bond acceptors (Lipinski definition) is 8. The molecule has 4 amide bonds. The van der Waals surface area contributed by atoms with Gasteiger partial charge >= 0.3 is 22.2 Å². The van der Waals surface area contributed by atoms with Crippen LogP contribution < -0.4 is 19.5 Å². The number of ether oxygens (including phenoxy) is 1. The quantitative estimate of drug-likeness (QED) is 0.461. The van der Waals surface area contributed by atoms with Crippen LogP contribution >= 0.6 is 11.9 Å². The van der Waals surface area contributed by atoms with Gasteiger partial charge in [0.05, 0.1) is 17.7 Å². The van der Waals surface area contributed by atoms with Gasteiger partial charge < -0.3 is 14.2 Å². The van der Waals surface area contributed by atoms with E-state index in [9.17, 15) is 22.8 Å². The Bertz CT molecular complexity index is 1010. The van der Waals surface area contributed by atoms with Gasteiger partial charge in [-0.2, -0.15) is 8.42 Å². The minimum Gasteiger partial charge on any atom is -0.453 e. The van der Waals surface area contributed by atoms with Crippen molar-refractivity contribution in [2.45, 2.75) is 16.7 Å². The molecule has 0 heterocycles. The highest BCUT2D eigenvalue weighted by Crippen LogP contribution is 2.31. The first-order valence-electron chi connectivity index (χ1n) is 7.94. The zero-order chi connectivity index (χ0) is 21.4. The van der Waals surface area contributed by atoms with Crippen molar-refractivity contribution in [2.24, 2.45) is 0 Å². The Labute approximate surface area is 171 Å². The van der Waals surface area contributed by atoms with E-state index < -0.39 is 22.2 Å². The van der Waals surface area contributed by atoms with E-state index in [2.05, 4.69) is 14.8 Å². The third-order valence-electron chi connectivity index (χ3n) is 3.16. The van der Waals surface area contributed by atoms with Crippen LogP contribution in [0, 0.1) is 0 Å². The van der Waals surface area contributed by atoms with E-state index in [4.69, 9.17) is 4.18 Å². The van der Waals surface area contributed by atoms with Crippen molar-refractivity contribution < 1.29 is 31.7 Å². The molecule has 0 bridgehead atoms. The van der Waals surface area contributed by atoms with E-state index in [0.717, 1.165) is 19.1 Å². The maximum Gasteiger partial charge on any atom is 0.415 e. The second-order valence-corrected chi connectivity index (χ2v) is 7.73. The predicted octanol–water partition coefficient (Wildman–Crippen LogP) is 2.49. The Morgan fingerprint density at radius 3 is 2.34 bits per heavy atom. The molecular formula is C17H17N3O7S2. The molecule has 0 aliphatic carbocycles. The first kappa shape index (κ1) is 22.0. The summed E-state index contributed by atoms with van der Waals surface area (Å²) in [5, 5.41) is 4.43. The van der Waals surface area contributed by atoms with Gasteiger partial charge in [0, 0.05) is 6.92 Å². The molecule has 3 N–H and O–H groups in total. The van der Waals surface area contributed by atoms with E-state index in [1.54, 1.807) is 18.2 Å². The number of carbonyl (C=O) groups excluding carboxylic acids is 3. The van der Waals surface area contributed by atoms with Crippen molar-refractivity contribution in [3.63, 3.8) is 0 Å². The molecule has 2 aromatic carbocycles. The van der Waals surface area contributed by atoms with Gasteiger partial charge in [0.1, 0.15) is 10.6 Å². The fourth-order valence-electron chi connectivity index (χ4n) is 1.96. The normalized spacial score (nSPS) is 10.6. The Morgan fingerprint density at radius 1 is 1.03 bits per heavy atom. The van der Waals surface area contributed by atoms with Gasteiger partial charge in [-0.15, -0.1) is 0 Å². The average molecular weight is 439 g/mol. The molecule has 2 rings (SSSR count). The number of methoxy groups -OCH3 is 1. The molecule has 2 aromatic rings. The number of nitrogens with one attached hydrogen (secondary N) is 3. The van der Waals surface area contributed by atoms with Crippen LogP contribution in [0.3, 0.4) is 0 Å². The Balaban J connectivity index is 2.22. The van der Waals surface area contributed by atoms with E-state index in [-0.39, 0.29) is 21.4 Å². The standard InChI is InChI=1S/C17H17N3O7S2/c1-11(21)18-14-9-8-12(27-29(24,25)13-6-4-3-5-7-13)10-15(14)28-20-16(22)19-17(23)26-2/h3-10H,1-2H3,(H,18,21)(H2,19,20,22,23). The van der Waals surface area contributed by atoms with Crippen molar-refractivity contribution in [2.75, 3.05) is 12.4 Å². The Hall–Kier alpha value is -3.25. The van der Waals surface area contributed by atoms with Gasteiger partial charge in [-0.3, -0.25) is 9.52 Å². The fraction of sp³-hybridized carbons (Fsp3) is 0.118. The van der Waals surface area contributed by atoms with Crippen molar-refractivity contribution in [3.8, 4) is 5.75 Å². The van der Waals surface area contributed by atoms with E-state index >= 15 is 0 Å².